The lowest BCUT2D eigenvalue weighted by molar-refractivity contribution is -0.121. The van der Waals surface area contributed by atoms with E-state index >= 15 is 0 Å². The summed E-state index contributed by atoms with van der Waals surface area (Å²) in [6.07, 6.45) is 1.58. The maximum absolute atomic E-state index is 11.6. The summed E-state index contributed by atoms with van der Waals surface area (Å²) in [5, 5.41) is 3.05. The van der Waals surface area contributed by atoms with Gasteiger partial charge in [0.25, 0.3) is 0 Å². The summed E-state index contributed by atoms with van der Waals surface area (Å²) in [6.45, 7) is 4.75. The molecule has 3 N–H and O–H groups in total. The Morgan fingerprint density at radius 3 is 2.60 bits per heavy atom. The van der Waals surface area contributed by atoms with Crippen LogP contribution in [0.15, 0.2) is 0 Å². The zero-order chi connectivity index (χ0) is 12.8. The van der Waals surface area contributed by atoms with Gasteiger partial charge in [0, 0.05) is 43.9 Å². The molecular formula is C12H25Cl2N3O2S. The maximum atomic E-state index is 11.6. The van der Waals surface area contributed by atoms with E-state index in [1.54, 1.807) is 0 Å². The second kappa shape index (κ2) is 10.1. The van der Waals surface area contributed by atoms with E-state index in [9.17, 15) is 4.79 Å². The van der Waals surface area contributed by atoms with Crippen LogP contribution in [0.1, 0.15) is 12.8 Å². The monoisotopic (exact) mass is 345 g/mol. The fourth-order valence-corrected chi connectivity index (χ4v) is 4.09. The molecule has 2 aliphatic rings. The molecule has 2 heterocycles. The number of carbonyl (C=O) groups is 1. The minimum atomic E-state index is 0. The fourth-order valence-electron chi connectivity index (χ4n) is 2.62. The molecule has 0 aromatic heterocycles. The molecule has 0 saturated carbocycles. The van der Waals surface area contributed by atoms with E-state index in [1.807, 2.05) is 11.8 Å². The highest BCUT2D eigenvalue weighted by molar-refractivity contribution is 7.99. The predicted octanol–water partition coefficient (Wildman–Crippen LogP) is 0.503. The van der Waals surface area contributed by atoms with Crippen molar-refractivity contribution < 1.29 is 9.53 Å². The molecule has 1 atom stereocenters. The summed E-state index contributed by atoms with van der Waals surface area (Å²) in [4.78, 5) is 14.1. The lowest BCUT2D eigenvalue weighted by atomic mass is 9.95. The highest BCUT2D eigenvalue weighted by Crippen LogP contribution is 2.33. The Labute approximate surface area is 137 Å². The van der Waals surface area contributed by atoms with Crippen LogP contribution >= 0.6 is 36.6 Å². The lowest BCUT2D eigenvalue weighted by Crippen LogP contribution is -2.59. The molecule has 0 radical (unpaired) electrons. The molecule has 1 amide bonds. The first-order chi connectivity index (χ1) is 8.77. The SMILES string of the molecule is Cl.Cl.NCCC(=O)NCC1(N2CCOCC2)CCSC1. The summed E-state index contributed by atoms with van der Waals surface area (Å²) in [5.74, 6) is 2.36. The summed E-state index contributed by atoms with van der Waals surface area (Å²) in [7, 11) is 0. The van der Waals surface area contributed by atoms with Gasteiger partial charge in [-0.15, -0.1) is 24.8 Å². The number of hydrogen-bond acceptors (Lipinski definition) is 5. The van der Waals surface area contributed by atoms with Crippen LogP contribution in [0.3, 0.4) is 0 Å². The van der Waals surface area contributed by atoms with Crippen molar-refractivity contribution in [1.29, 1.82) is 0 Å². The number of morpholine rings is 1. The molecule has 1 unspecified atom stereocenters. The van der Waals surface area contributed by atoms with Crippen molar-refractivity contribution in [3.63, 3.8) is 0 Å². The van der Waals surface area contributed by atoms with Crippen molar-refractivity contribution >= 4 is 42.5 Å². The average molecular weight is 346 g/mol. The van der Waals surface area contributed by atoms with Crippen molar-refractivity contribution in [3.8, 4) is 0 Å². The third-order valence-corrected chi connectivity index (χ3v) is 4.98. The molecule has 0 spiro atoms. The van der Waals surface area contributed by atoms with Crippen LogP contribution in [-0.2, 0) is 9.53 Å². The number of nitrogens with one attached hydrogen (secondary N) is 1. The first kappa shape index (κ1) is 20.3. The molecule has 2 fully saturated rings. The van der Waals surface area contributed by atoms with Crippen LogP contribution < -0.4 is 11.1 Å². The topological polar surface area (TPSA) is 67.6 Å². The molecular weight excluding hydrogens is 321 g/mol. The zero-order valence-electron chi connectivity index (χ0n) is 11.6. The Hall–Kier alpha value is 0.280. The normalized spacial score (nSPS) is 26.4. The van der Waals surface area contributed by atoms with Gasteiger partial charge in [-0.2, -0.15) is 11.8 Å². The molecule has 20 heavy (non-hydrogen) atoms. The zero-order valence-corrected chi connectivity index (χ0v) is 14.1. The molecule has 2 rings (SSSR count). The van der Waals surface area contributed by atoms with Crippen molar-refractivity contribution in [1.82, 2.24) is 10.2 Å². The second-order valence-electron chi connectivity index (χ2n) is 4.94. The maximum Gasteiger partial charge on any atom is 0.221 e. The third-order valence-electron chi connectivity index (χ3n) is 3.75. The Morgan fingerprint density at radius 1 is 1.35 bits per heavy atom. The largest absolute Gasteiger partial charge is 0.379 e. The van der Waals surface area contributed by atoms with Crippen LogP contribution in [0, 0.1) is 0 Å². The van der Waals surface area contributed by atoms with Gasteiger partial charge in [-0.25, -0.2) is 0 Å². The first-order valence-corrected chi connectivity index (χ1v) is 7.80. The predicted molar refractivity (Wildman–Crippen MR) is 88.2 cm³/mol. The number of hydrogen-bond donors (Lipinski definition) is 2. The van der Waals surface area contributed by atoms with Crippen LogP contribution in [0.5, 0.6) is 0 Å². The number of amides is 1. The standard InChI is InChI=1S/C12H23N3O2S.2ClH/c13-3-1-11(16)14-9-12(2-8-18-10-12)15-4-6-17-7-5-15;;/h1-10,13H2,(H,14,16);2*1H. The van der Waals surface area contributed by atoms with Gasteiger partial charge in [0.15, 0.2) is 0 Å². The summed E-state index contributed by atoms with van der Waals surface area (Å²) in [6, 6.07) is 0. The fraction of sp³-hybridized carbons (Fsp3) is 0.917. The van der Waals surface area contributed by atoms with E-state index in [2.05, 4.69) is 10.2 Å². The summed E-state index contributed by atoms with van der Waals surface area (Å²) in [5.41, 5.74) is 5.53. The molecule has 5 nitrogen and oxygen atoms in total. The van der Waals surface area contributed by atoms with Crippen LogP contribution in [0.2, 0.25) is 0 Å². The Bertz CT molecular complexity index is 286. The van der Waals surface area contributed by atoms with Gasteiger partial charge in [0.05, 0.1) is 13.2 Å². The highest BCUT2D eigenvalue weighted by atomic mass is 35.5. The van der Waals surface area contributed by atoms with Crippen molar-refractivity contribution in [3.05, 3.63) is 0 Å². The number of nitrogens with zero attached hydrogens (tertiary/aromatic N) is 1. The summed E-state index contributed by atoms with van der Waals surface area (Å²) >= 11 is 1.98. The van der Waals surface area contributed by atoms with Crippen LogP contribution in [-0.4, -0.2) is 67.2 Å². The minimum Gasteiger partial charge on any atom is -0.379 e. The molecule has 120 valence electrons. The molecule has 8 heteroatoms. The molecule has 0 aliphatic carbocycles. The third kappa shape index (κ3) is 5.24. The molecule has 2 aliphatic heterocycles. The van der Waals surface area contributed by atoms with Crippen molar-refractivity contribution in [2.75, 3.05) is 50.9 Å². The smallest absolute Gasteiger partial charge is 0.221 e. The number of rotatable bonds is 5. The van der Waals surface area contributed by atoms with E-state index in [-0.39, 0.29) is 36.3 Å². The van der Waals surface area contributed by atoms with Gasteiger partial charge in [-0.3, -0.25) is 9.69 Å². The second-order valence-corrected chi connectivity index (χ2v) is 6.05. The Kier molecular flexibility index (Phi) is 10.2. The van der Waals surface area contributed by atoms with Gasteiger partial charge < -0.3 is 15.8 Å². The Balaban J connectivity index is 0.00000180. The van der Waals surface area contributed by atoms with Crippen LogP contribution in [0.25, 0.3) is 0 Å². The van der Waals surface area contributed by atoms with E-state index in [0.29, 0.717) is 13.0 Å². The van der Waals surface area contributed by atoms with E-state index in [4.69, 9.17) is 10.5 Å². The van der Waals surface area contributed by atoms with Gasteiger partial charge in [-0.1, -0.05) is 0 Å². The quantitative estimate of drug-likeness (QED) is 0.759. The van der Waals surface area contributed by atoms with Gasteiger partial charge in [-0.05, 0) is 12.2 Å². The van der Waals surface area contributed by atoms with Gasteiger partial charge in [0.1, 0.15) is 0 Å². The van der Waals surface area contributed by atoms with Crippen LogP contribution in [0.4, 0.5) is 0 Å². The number of thioether (sulfide) groups is 1. The number of halogens is 2. The van der Waals surface area contributed by atoms with E-state index in [0.717, 1.165) is 45.0 Å². The van der Waals surface area contributed by atoms with Gasteiger partial charge in [0.2, 0.25) is 5.91 Å². The van der Waals surface area contributed by atoms with Crippen molar-refractivity contribution in [2.24, 2.45) is 5.73 Å². The number of carbonyl (C=O) groups excluding carboxylic acids is 1. The minimum absolute atomic E-state index is 0. The number of nitrogens with two attached hydrogens (primary N) is 1. The molecule has 0 aromatic carbocycles. The van der Waals surface area contributed by atoms with Gasteiger partial charge >= 0.3 is 0 Å². The van der Waals surface area contributed by atoms with E-state index in [1.165, 1.54) is 5.75 Å². The molecule has 2 saturated heterocycles. The first-order valence-electron chi connectivity index (χ1n) is 6.64. The van der Waals surface area contributed by atoms with Crippen molar-refractivity contribution in [2.45, 2.75) is 18.4 Å². The lowest BCUT2D eigenvalue weighted by Gasteiger charge is -2.43. The molecule has 0 aromatic rings. The average Bonchev–Trinajstić information content (AvgIpc) is 2.88. The Morgan fingerprint density at radius 2 is 2.05 bits per heavy atom. The highest BCUT2D eigenvalue weighted by Gasteiger charge is 2.40. The molecule has 0 bridgehead atoms. The number of ether oxygens (including phenoxy) is 1. The van der Waals surface area contributed by atoms with E-state index < -0.39 is 0 Å². The summed E-state index contributed by atoms with van der Waals surface area (Å²) < 4.78 is 5.42.